The number of aromatic nitrogens is 3. The second kappa shape index (κ2) is 9.40. The molecule has 5 rings (SSSR count). The van der Waals surface area contributed by atoms with E-state index in [0.29, 0.717) is 60.0 Å². The Hall–Kier alpha value is -4.89. The molecule has 0 spiro atoms. The maximum absolute atomic E-state index is 13.3. The quantitative estimate of drug-likeness (QED) is 0.399. The minimum Gasteiger partial charge on any atom is -0.378 e. The van der Waals surface area contributed by atoms with Crippen LogP contribution in [-0.4, -0.2) is 57.8 Å². The van der Waals surface area contributed by atoms with Crippen molar-refractivity contribution in [3.05, 3.63) is 64.3 Å². The van der Waals surface area contributed by atoms with Gasteiger partial charge in [-0.25, -0.2) is 9.59 Å². The van der Waals surface area contributed by atoms with Gasteiger partial charge in [0.25, 0.3) is 5.91 Å². The van der Waals surface area contributed by atoms with Crippen LogP contribution in [0.1, 0.15) is 16.1 Å². The summed E-state index contributed by atoms with van der Waals surface area (Å²) in [6, 6.07) is 13.5. The van der Waals surface area contributed by atoms with Crippen molar-refractivity contribution in [3.63, 3.8) is 0 Å². The van der Waals surface area contributed by atoms with E-state index in [9.17, 15) is 19.6 Å². The predicted octanol–water partition coefficient (Wildman–Crippen LogP) is 2.51. The van der Waals surface area contributed by atoms with Gasteiger partial charge in [-0.3, -0.25) is 14.3 Å². The largest absolute Gasteiger partial charge is 0.439 e. The van der Waals surface area contributed by atoms with Crippen molar-refractivity contribution in [2.24, 2.45) is 7.05 Å². The molecule has 12 heteroatoms. The van der Waals surface area contributed by atoms with Crippen molar-refractivity contribution in [1.82, 2.24) is 19.6 Å². The normalized spacial score (nSPS) is 13.4. The summed E-state index contributed by atoms with van der Waals surface area (Å²) in [7, 11) is 1.73. The Bertz CT molecular complexity index is 1570. The van der Waals surface area contributed by atoms with Crippen LogP contribution < -0.4 is 16.4 Å². The van der Waals surface area contributed by atoms with Gasteiger partial charge in [-0.05, 0) is 30.3 Å². The van der Waals surface area contributed by atoms with E-state index in [4.69, 9.17) is 4.74 Å². The minimum absolute atomic E-state index is 0.0811. The van der Waals surface area contributed by atoms with Crippen LogP contribution in [0.3, 0.4) is 0 Å². The molecule has 12 nitrogen and oxygen atoms in total. The molecule has 0 aliphatic carbocycles. The van der Waals surface area contributed by atoms with Crippen molar-refractivity contribution in [3.8, 4) is 17.5 Å². The molecule has 2 aromatic carbocycles. The zero-order chi connectivity index (χ0) is 25.2. The summed E-state index contributed by atoms with van der Waals surface area (Å²) < 4.78 is 11.6. The van der Waals surface area contributed by atoms with E-state index < -0.39 is 11.7 Å². The molecule has 3 N–H and O–H groups in total. The van der Waals surface area contributed by atoms with Crippen LogP contribution in [0, 0.1) is 11.3 Å². The van der Waals surface area contributed by atoms with E-state index in [1.165, 1.54) is 12.1 Å². The van der Waals surface area contributed by atoms with Gasteiger partial charge in [0.1, 0.15) is 5.69 Å². The molecule has 1 aliphatic heterocycles. The molecule has 0 atom stereocenters. The van der Waals surface area contributed by atoms with E-state index in [0.717, 1.165) is 5.39 Å². The minimum atomic E-state index is -0.759. The van der Waals surface area contributed by atoms with Crippen LogP contribution >= 0.6 is 0 Å². The molecule has 3 amide bonds. The number of fused-ring (bicyclic) bond motifs is 1. The summed E-state index contributed by atoms with van der Waals surface area (Å²) in [5.41, 5.74) is 2.56. The molecule has 1 aliphatic rings. The maximum Gasteiger partial charge on any atom is 0.439 e. The number of para-hydroxylation sites is 1. The monoisotopic (exact) mass is 487 g/mol. The molecule has 36 heavy (non-hydrogen) atoms. The van der Waals surface area contributed by atoms with Crippen molar-refractivity contribution in [2.45, 2.75) is 0 Å². The van der Waals surface area contributed by atoms with Gasteiger partial charge in [-0.2, -0.15) is 5.26 Å². The van der Waals surface area contributed by atoms with E-state index in [1.807, 2.05) is 12.1 Å². The van der Waals surface area contributed by atoms with Crippen molar-refractivity contribution in [2.75, 3.05) is 36.9 Å². The Balaban J connectivity index is 1.46. The SMILES string of the molecule is Cn1c(C(=O)Nc2ccc(C#N)cc2-c2noc(=O)[nH]2)cc2cccc(NC(=O)N3CCOCC3)c21. The first-order chi connectivity index (χ1) is 17.4. The second-order valence-electron chi connectivity index (χ2n) is 8.13. The van der Waals surface area contributed by atoms with Gasteiger partial charge in [-0.15, -0.1) is 0 Å². The lowest BCUT2D eigenvalue weighted by atomic mass is 10.1. The standard InChI is InChI=1S/C24H21N7O5/c1-30-19(12-15-3-2-4-18(20(15)30)27-23(33)31-7-9-35-10-8-31)22(32)26-17-6-5-14(13-25)11-16(17)21-28-24(34)36-29-21/h2-6,11-12H,7-10H2,1H3,(H,26,32)(H,27,33)(H,28,29,34). The molecule has 0 bridgehead atoms. The number of carbonyl (C=O) groups excluding carboxylic acids is 2. The third-order valence-electron chi connectivity index (χ3n) is 5.92. The lowest BCUT2D eigenvalue weighted by Crippen LogP contribution is -2.43. The van der Waals surface area contributed by atoms with E-state index in [2.05, 4.69) is 25.3 Å². The van der Waals surface area contributed by atoms with Crippen LogP contribution in [0.2, 0.25) is 0 Å². The molecule has 1 fully saturated rings. The fraction of sp³-hybridized carbons (Fsp3) is 0.208. The van der Waals surface area contributed by atoms with E-state index in [1.54, 1.807) is 40.8 Å². The number of nitrogens with zero attached hydrogens (tertiary/aromatic N) is 4. The molecule has 2 aromatic heterocycles. The van der Waals surface area contributed by atoms with Crippen molar-refractivity contribution < 1.29 is 18.8 Å². The Labute approximate surface area is 204 Å². The van der Waals surface area contributed by atoms with Crippen LogP contribution in [-0.2, 0) is 11.8 Å². The Morgan fingerprint density at radius 2 is 1.92 bits per heavy atom. The number of nitrogens with one attached hydrogen (secondary N) is 3. The molecule has 3 heterocycles. The number of carbonyl (C=O) groups is 2. The number of amides is 3. The number of hydrogen-bond donors (Lipinski definition) is 3. The predicted molar refractivity (Wildman–Crippen MR) is 130 cm³/mol. The molecule has 182 valence electrons. The first-order valence-corrected chi connectivity index (χ1v) is 11.1. The number of aromatic amines is 1. The van der Waals surface area contributed by atoms with Crippen LogP contribution in [0.5, 0.6) is 0 Å². The number of H-pyrrole nitrogens is 1. The highest BCUT2D eigenvalue weighted by molar-refractivity contribution is 6.10. The number of rotatable bonds is 4. The highest BCUT2D eigenvalue weighted by Gasteiger charge is 2.21. The molecule has 1 saturated heterocycles. The molecule has 4 aromatic rings. The zero-order valence-electron chi connectivity index (χ0n) is 19.2. The highest BCUT2D eigenvalue weighted by atomic mass is 16.5. The van der Waals surface area contributed by atoms with Gasteiger partial charge in [0.2, 0.25) is 0 Å². The number of anilines is 2. The summed E-state index contributed by atoms with van der Waals surface area (Å²) in [5, 5.41) is 19.5. The van der Waals surface area contributed by atoms with E-state index in [-0.39, 0.29) is 11.9 Å². The summed E-state index contributed by atoms with van der Waals surface area (Å²) >= 11 is 0. The smallest absolute Gasteiger partial charge is 0.378 e. The zero-order valence-corrected chi connectivity index (χ0v) is 19.2. The molecule has 0 unspecified atom stereocenters. The Morgan fingerprint density at radius 1 is 1.11 bits per heavy atom. The maximum atomic E-state index is 13.3. The van der Waals surface area contributed by atoms with E-state index >= 15 is 0 Å². The third kappa shape index (κ3) is 4.30. The second-order valence-corrected chi connectivity index (χ2v) is 8.13. The van der Waals surface area contributed by atoms with Gasteiger partial charge in [0, 0.05) is 31.1 Å². The molecular formula is C24H21N7O5. The number of nitriles is 1. The molecular weight excluding hydrogens is 466 g/mol. The molecule has 0 radical (unpaired) electrons. The van der Waals surface area contributed by atoms with Gasteiger partial charge in [0.05, 0.1) is 41.7 Å². The summed E-state index contributed by atoms with van der Waals surface area (Å²) in [5.74, 6) is -1.11. The fourth-order valence-electron chi connectivity index (χ4n) is 4.15. The third-order valence-corrected chi connectivity index (χ3v) is 5.92. The van der Waals surface area contributed by atoms with Crippen molar-refractivity contribution >= 4 is 34.2 Å². The van der Waals surface area contributed by atoms with Crippen LogP contribution in [0.15, 0.2) is 51.8 Å². The Kier molecular flexibility index (Phi) is 5.97. The van der Waals surface area contributed by atoms with Crippen molar-refractivity contribution in [1.29, 1.82) is 5.26 Å². The summed E-state index contributed by atoms with van der Waals surface area (Å²) in [4.78, 5) is 41.6. The fourth-order valence-corrected chi connectivity index (χ4v) is 4.15. The molecule has 0 saturated carbocycles. The average Bonchev–Trinajstić information content (AvgIpc) is 3.48. The lowest BCUT2D eigenvalue weighted by molar-refractivity contribution is 0.0565. The highest BCUT2D eigenvalue weighted by Crippen LogP contribution is 2.29. The van der Waals surface area contributed by atoms with Crippen LogP contribution in [0.25, 0.3) is 22.3 Å². The van der Waals surface area contributed by atoms with Gasteiger partial charge >= 0.3 is 11.8 Å². The summed E-state index contributed by atoms with van der Waals surface area (Å²) in [6.45, 7) is 2.00. The van der Waals surface area contributed by atoms with Gasteiger partial charge in [0.15, 0.2) is 5.82 Å². The van der Waals surface area contributed by atoms with Crippen LogP contribution in [0.4, 0.5) is 16.2 Å². The van der Waals surface area contributed by atoms with Gasteiger partial charge < -0.3 is 24.8 Å². The average molecular weight is 487 g/mol. The number of morpholine rings is 1. The Morgan fingerprint density at radius 3 is 2.64 bits per heavy atom. The number of urea groups is 1. The number of aryl methyl sites for hydroxylation is 1. The summed E-state index contributed by atoms with van der Waals surface area (Å²) in [6.07, 6.45) is 0. The van der Waals surface area contributed by atoms with Gasteiger partial charge in [-0.1, -0.05) is 17.3 Å². The number of benzene rings is 2. The first kappa shape index (κ1) is 22.9. The lowest BCUT2D eigenvalue weighted by Gasteiger charge is -2.27. The first-order valence-electron chi connectivity index (χ1n) is 11.1. The topological polar surface area (TPSA) is 158 Å². The number of ether oxygens (including phenoxy) is 1. The number of hydrogen-bond acceptors (Lipinski definition) is 7.